The molecule has 0 atom stereocenters. The Hall–Kier alpha value is -3.20. The fourth-order valence-electron chi connectivity index (χ4n) is 2.91. The van der Waals surface area contributed by atoms with E-state index in [1.54, 1.807) is 36.6 Å². The van der Waals surface area contributed by atoms with Crippen molar-refractivity contribution in [3.63, 3.8) is 0 Å². The Balaban J connectivity index is 1.43. The van der Waals surface area contributed by atoms with Gasteiger partial charge in [-0.3, -0.25) is 14.5 Å². The third-order valence-corrected chi connectivity index (χ3v) is 6.15. The fourth-order valence-corrected chi connectivity index (χ4v) is 3.65. The Morgan fingerprint density at radius 2 is 1.94 bits per heavy atom. The SMILES string of the molecule is CCOc1cncc(-c2ccc(NC(=O)C(C)(C)c3ccnc(NSC4CC4)n3)cc2)n1. The lowest BCUT2D eigenvalue weighted by molar-refractivity contribution is -0.120. The molecule has 1 fully saturated rings. The predicted molar refractivity (Wildman–Crippen MR) is 127 cm³/mol. The largest absolute Gasteiger partial charge is 0.477 e. The highest BCUT2D eigenvalue weighted by atomic mass is 32.2. The molecular weight excluding hydrogens is 424 g/mol. The number of ether oxygens (including phenoxy) is 1. The molecule has 0 aliphatic heterocycles. The first-order valence-electron chi connectivity index (χ1n) is 10.6. The molecule has 1 aliphatic rings. The molecule has 0 unspecified atom stereocenters. The lowest BCUT2D eigenvalue weighted by atomic mass is 9.88. The number of hydrogen-bond donors (Lipinski definition) is 2. The first-order chi connectivity index (χ1) is 15.5. The number of nitrogens with one attached hydrogen (secondary N) is 2. The molecule has 2 heterocycles. The molecule has 1 amide bonds. The molecule has 1 saturated carbocycles. The van der Waals surface area contributed by atoms with Gasteiger partial charge in [-0.25, -0.2) is 15.0 Å². The molecule has 0 radical (unpaired) electrons. The molecule has 0 bridgehead atoms. The Bertz CT molecular complexity index is 1090. The van der Waals surface area contributed by atoms with Gasteiger partial charge in [0.2, 0.25) is 17.7 Å². The normalized spacial score (nSPS) is 13.5. The minimum absolute atomic E-state index is 0.150. The van der Waals surface area contributed by atoms with Crippen LogP contribution in [0.25, 0.3) is 11.3 Å². The summed E-state index contributed by atoms with van der Waals surface area (Å²) in [4.78, 5) is 30.5. The second-order valence-electron chi connectivity index (χ2n) is 8.02. The summed E-state index contributed by atoms with van der Waals surface area (Å²) in [6, 6.07) is 9.25. The van der Waals surface area contributed by atoms with Gasteiger partial charge in [0.05, 0.1) is 35.8 Å². The maximum Gasteiger partial charge on any atom is 0.236 e. The van der Waals surface area contributed by atoms with Crippen LogP contribution in [0.3, 0.4) is 0 Å². The van der Waals surface area contributed by atoms with E-state index in [2.05, 4.69) is 30.0 Å². The standard InChI is InChI=1S/C23H26N6O2S/c1-4-31-20-14-24-13-18(27-20)15-5-7-16(8-6-15)26-21(30)23(2,3)19-11-12-25-22(28-19)29-32-17-9-10-17/h5-8,11-14,17H,4,9-10H2,1-3H3,(H,26,30)(H,25,28,29). The smallest absolute Gasteiger partial charge is 0.236 e. The molecule has 0 saturated heterocycles. The number of amides is 1. The van der Waals surface area contributed by atoms with Crippen molar-refractivity contribution in [2.75, 3.05) is 16.6 Å². The van der Waals surface area contributed by atoms with Crippen molar-refractivity contribution < 1.29 is 9.53 Å². The zero-order valence-corrected chi connectivity index (χ0v) is 19.1. The van der Waals surface area contributed by atoms with Gasteiger partial charge in [-0.05, 0) is 63.8 Å². The van der Waals surface area contributed by atoms with E-state index in [4.69, 9.17) is 4.74 Å². The van der Waals surface area contributed by atoms with Crippen molar-refractivity contribution in [2.24, 2.45) is 0 Å². The van der Waals surface area contributed by atoms with Crippen LogP contribution in [-0.2, 0) is 10.2 Å². The zero-order valence-electron chi connectivity index (χ0n) is 18.3. The van der Waals surface area contributed by atoms with Crippen LogP contribution in [0, 0.1) is 0 Å². The molecular formula is C23H26N6O2S. The molecule has 0 spiro atoms. The molecule has 1 aliphatic carbocycles. The van der Waals surface area contributed by atoms with Gasteiger partial charge >= 0.3 is 0 Å². The van der Waals surface area contributed by atoms with Crippen LogP contribution in [0.15, 0.2) is 48.9 Å². The van der Waals surface area contributed by atoms with Crippen molar-refractivity contribution in [3.8, 4) is 17.1 Å². The van der Waals surface area contributed by atoms with E-state index in [-0.39, 0.29) is 5.91 Å². The average molecular weight is 451 g/mol. The molecule has 2 aromatic heterocycles. The van der Waals surface area contributed by atoms with Gasteiger partial charge in [0.25, 0.3) is 0 Å². The quantitative estimate of drug-likeness (QED) is 0.461. The Morgan fingerprint density at radius 1 is 1.16 bits per heavy atom. The van der Waals surface area contributed by atoms with Gasteiger partial charge in [0.15, 0.2) is 0 Å². The van der Waals surface area contributed by atoms with Gasteiger partial charge < -0.3 is 10.1 Å². The van der Waals surface area contributed by atoms with Crippen molar-refractivity contribution in [3.05, 3.63) is 54.6 Å². The second kappa shape index (κ2) is 9.52. The first kappa shape index (κ1) is 22.0. The van der Waals surface area contributed by atoms with E-state index in [9.17, 15) is 4.79 Å². The van der Waals surface area contributed by atoms with Gasteiger partial charge in [-0.2, -0.15) is 0 Å². The van der Waals surface area contributed by atoms with Crippen molar-refractivity contribution in [1.29, 1.82) is 0 Å². The third-order valence-electron chi connectivity index (χ3n) is 5.05. The summed E-state index contributed by atoms with van der Waals surface area (Å²) in [7, 11) is 0. The number of carbonyl (C=O) groups is 1. The highest BCUT2D eigenvalue weighted by Crippen LogP contribution is 2.34. The number of nitrogens with zero attached hydrogens (tertiary/aromatic N) is 4. The van der Waals surface area contributed by atoms with Crippen LogP contribution in [0.4, 0.5) is 11.6 Å². The van der Waals surface area contributed by atoms with Gasteiger partial charge in [-0.15, -0.1) is 0 Å². The Morgan fingerprint density at radius 3 is 2.66 bits per heavy atom. The maximum absolute atomic E-state index is 13.1. The summed E-state index contributed by atoms with van der Waals surface area (Å²) in [5.41, 5.74) is 2.11. The Labute approximate surface area is 191 Å². The highest BCUT2D eigenvalue weighted by Gasteiger charge is 2.32. The van der Waals surface area contributed by atoms with Crippen LogP contribution in [-0.4, -0.2) is 37.7 Å². The van der Waals surface area contributed by atoms with Crippen LogP contribution >= 0.6 is 11.9 Å². The number of benzene rings is 1. The van der Waals surface area contributed by atoms with Crippen LogP contribution in [0.2, 0.25) is 0 Å². The molecule has 166 valence electrons. The number of rotatable bonds is 9. The first-order valence-corrected chi connectivity index (χ1v) is 11.5. The van der Waals surface area contributed by atoms with E-state index in [0.29, 0.717) is 40.8 Å². The van der Waals surface area contributed by atoms with Crippen LogP contribution < -0.4 is 14.8 Å². The topological polar surface area (TPSA) is 102 Å². The van der Waals surface area contributed by atoms with E-state index in [1.165, 1.54) is 12.8 Å². The van der Waals surface area contributed by atoms with Crippen molar-refractivity contribution >= 4 is 29.5 Å². The van der Waals surface area contributed by atoms with Gasteiger partial charge in [0.1, 0.15) is 0 Å². The monoisotopic (exact) mass is 450 g/mol. The fraction of sp³-hybridized carbons (Fsp3) is 0.348. The lowest BCUT2D eigenvalue weighted by Crippen LogP contribution is -2.35. The second-order valence-corrected chi connectivity index (χ2v) is 9.12. The van der Waals surface area contributed by atoms with E-state index in [1.807, 2.05) is 45.0 Å². The summed E-state index contributed by atoms with van der Waals surface area (Å²) in [5, 5.41) is 3.62. The molecule has 1 aromatic carbocycles. The zero-order chi connectivity index (χ0) is 22.6. The summed E-state index contributed by atoms with van der Waals surface area (Å²) < 4.78 is 8.60. The number of anilines is 2. The maximum atomic E-state index is 13.1. The van der Waals surface area contributed by atoms with E-state index in [0.717, 1.165) is 5.56 Å². The summed E-state index contributed by atoms with van der Waals surface area (Å²) in [6.07, 6.45) is 7.38. The molecule has 3 aromatic rings. The molecule has 8 nitrogen and oxygen atoms in total. The lowest BCUT2D eigenvalue weighted by Gasteiger charge is -2.23. The number of carbonyl (C=O) groups excluding carboxylic acids is 1. The predicted octanol–water partition coefficient (Wildman–Crippen LogP) is 4.47. The number of aromatic nitrogens is 4. The molecule has 4 rings (SSSR count). The highest BCUT2D eigenvalue weighted by molar-refractivity contribution is 8.01. The third kappa shape index (κ3) is 5.34. The van der Waals surface area contributed by atoms with Crippen LogP contribution in [0.1, 0.15) is 39.3 Å². The Kier molecular flexibility index (Phi) is 6.55. The summed E-state index contributed by atoms with van der Waals surface area (Å²) in [6.45, 7) is 6.14. The minimum Gasteiger partial charge on any atom is -0.477 e. The minimum atomic E-state index is -0.834. The number of hydrogen-bond acceptors (Lipinski definition) is 8. The van der Waals surface area contributed by atoms with E-state index < -0.39 is 5.41 Å². The van der Waals surface area contributed by atoms with Gasteiger partial charge in [0, 0.05) is 22.7 Å². The molecule has 2 N–H and O–H groups in total. The molecule has 32 heavy (non-hydrogen) atoms. The van der Waals surface area contributed by atoms with Crippen molar-refractivity contribution in [2.45, 2.75) is 44.3 Å². The summed E-state index contributed by atoms with van der Waals surface area (Å²) in [5.74, 6) is 0.862. The van der Waals surface area contributed by atoms with Crippen LogP contribution in [0.5, 0.6) is 5.88 Å². The van der Waals surface area contributed by atoms with Gasteiger partial charge in [-0.1, -0.05) is 12.1 Å². The molecule has 9 heteroatoms. The van der Waals surface area contributed by atoms with Crippen molar-refractivity contribution in [1.82, 2.24) is 19.9 Å². The average Bonchev–Trinajstić information content (AvgIpc) is 3.63. The van der Waals surface area contributed by atoms with E-state index >= 15 is 0 Å². The summed E-state index contributed by atoms with van der Waals surface area (Å²) >= 11 is 1.64.